The lowest BCUT2D eigenvalue weighted by Gasteiger charge is -2.36. The van der Waals surface area contributed by atoms with E-state index in [9.17, 15) is 32.3 Å². The van der Waals surface area contributed by atoms with E-state index in [4.69, 9.17) is 4.74 Å². The van der Waals surface area contributed by atoms with Crippen molar-refractivity contribution in [3.63, 3.8) is 0 Å². The highest BCUT2D eigenvalue weighted by Crippen LogP contribution is 2.35. The summed E-state index contributed by atoms with van der Waals surface area (Å²) in [6.45, 7) is 3.50. The number of hydrogen-bond acceptors (Lipinski definition) is 5. The number of ether oxygens (including phenoxy) is 1. The zero-order chi connectivity index (χ0) is 30.7. The average Bonchev–Trinajstić information content (AvgIpc) is 3.45. The van der Waals surface area contributed by atoms with E-state index in [0.717, 1.165) is 12.1 Å². The molecule has 2 aromatic carbocycles. The molecule has 3 saturated heterocycles. The topological polar surface area (TPSA) is 99.3 Å². The molecule has 3 heterocycles. The number of amides is 4. The molecular weight excluding hydrogens is 565 g/mol. The van der Waals surface area contributed by atoms with Crippen LogP contribution in [0.25, 0.3) is 0 Å². The maximum Gasteiger partial charge on any atom is 0.415 e. The van der Waals surface area contributed by atoms with Crippen LogP contribution in [0.5, 0.6) is 5.75 Å². The number of likely N-dealkylation sites (N-methyl/N-ethyl adjacent to an activating group) is 1. The third-order valence-electron chi connectivity index (χ3n) is 8.74. The number of carbonyl (C=O) groups is 4. The van der Waals surface area contributed by atoms with Gasteiger partial charge in [-0.05, 0) is 68.1 Å². The van der Waals surface area contributed by atoms with Crippen molar-refractivity contribution in [2.24, 2.45) is 11.8 Å². The fourth-order valence-electron chi connectivity index (χ4n) is 6.32. The zero-order valence-corrected chi connectivity index (χ0v) is 23.9. The Kier molecular flexibility index (Phi) is 9.22. The van der Waals surface area contributed by atoms with Gasteiger partial charge in [0.25, 0.3) is 0 Å². The fraction of sp³-hybridized carbons (Fsp3) is 0.484. The molecule has 9 nitrogen and oxygen atoms in total. The van der Waals surface area contributed by atoms with Crippen LogP contribution in [0.2, 0.25) is 0 Å². The predicted molar refractivity (Wildman–Crippen MR) is 149 cm³/mol. The SMILES string of the molecule is CCN(C(=O)Oc1ccc(F)cc1)[C@@H]1CN(C(=O)C2CCN(C(=O)C3CCC(=O)NC3)CC2)C[C@H]1c1ccc(F)c(F)c1. The molecule has 1 unspecified atom stereocenters. The van der Waals surface area contributed by atoms with Crippen LogP contribution in [0, 0.1) is 29.3 Å². The second-order valence-electron chi connectivity index (χ2n) is 11.3. The van der Waals surface area contributed by atoms with Crippen LogP contribution in [0.3, 0.4) is 0 Å². The Morgan fingerprint density at radius 2 is 1.60 bits per heavy atom. The van der Waals surface area contributed by atoms with E-state index in [-0.39, 0.29) is 54.9 Å². The Morgan fingerprint density at radius 1 is 0.907 bits per heavy atom. The van der Waals surface area contributed by atoms with Crippen LogP contribution < -0.4 is 10.1 Å². The number of piperidine rings is 2. The van der Waals surface area contributed by atoms with E-state index in [1.165, 1.54) is 35.2 Å². The number of nitrogens with zero attached hydrogens (tertiary/aromatic N) is 3. The summed E-state index contributed by atoms with van der Waals surface area (Å²) in [6, 6.07) is 8.01. The quantitative estimate of drug-likeness (QED) is 0.546. The van der Waals surface area contributed by atoms with Gasteiger partial charge in [-0.1, -0.05) is 6.07 Å². The maximum atomic E-state index is 14.3. The Balaban J connectivity index is 1.28. The van der Waals surface area contributed by atoms with Gasteiger partial charge in [0.1, 0.15) is 11.6 Å². The van der Waals surface area contributed by atoms with Gasteiger partial charge in [-0.15, -0.1) is 0 Å². The number of nitrogens with one attached hydrogen (secondary N) is 1. The number of carbonyl (C=O) groups excluding carboxylic acids is 4. The smallest absolute Gasteiger partial charge is 0.410 e. The number of hydrogen-bond donors (Lipinski definition) is 1. The van der Waals surface area contributed by atoms with Crippen LogP contribution in [0.4, 0.5) is 18.0 Å². The van der Waals surface area contributed by atoms with Crippen molar-refractivity contribution >= 4 is 23.8 Å². The molecule has 5 rings (SSSR count). The van der Waals surface area contributed by atoms with Gasteiger partial charge in [-0.3, -0.25) is 14.4 Å². The molecule has 3 fully saturated rings. The lowest BCUT2D eigenvalue weighted by atomic mass is 9.92. The van der Waals surface area contributed by atoms with E-state index in [0.29, 0.717) is 50.9 Å². The van der Waals surface area contributed by atoms with E-state index in [1.807, 2.05) is 0 Å². The van der Waals surface area contributed by atoms with E-state index in [1.54, 1.807) is 16.7 Å². The molecule has 1 N–H and O–H groups in total. The number of halogens is 3. The second kappa shape index (κ2) is 13.0. The number of rotatable bonds is 6. The fourth-order valence-corrected chi connectivity index (χ4v) is 6.32. The largest absolute Gasteiger partial charge is 0.415 e. The predicted octanol–water partition coefficient (Wildman–Crippen LogP) is 3.68. The molecule has 0 radical (unpaired) electrons. The molecule has 3 atom stereocenters. The summed E-state index contributed by atoms with van der Waals surface area (Å²) in [4.78, 5) is 56.3. The van der Waals surface area contributed by atoms with Crippen molar-refractivity contribution in [1.29, 1.82) is 0 Å². The van der Waals surface area contributed by atoms with Crippen molar-refractivity contribution in [1.82, 2.24) is 20.0 Å². The third-order valence-corrected chi connectivity index (χ3v) is 8.74. The molecule has 0 aliphatic carbocycles. The molecule has 0 saturated carbocycles. The Hall–Kier alpha value is -4.09. The van der Waals surface area contributed by atoms with Crippen molar-refractivity contribution in [2.75, 3.05) is 39.3 Å². The number of likely N-dealkylation sites (tertiary alicyclic amines) is 2. The van der Waals surface area contributed by atoms with Crippen LogP contribution in [-0.4, -0.2) is 83.8 Å². The first-order chi connectivity index (χ1) is 20.6. The van der Waals surface area contributed by atoms with Crippen LogP contribution >= 0.6 is 0 Å². The molecule has 3 aliphatic rings. The molecule has 0 spiro atoms. The van der Waals surface area contributed by atoms with Gasteiger partial charge in [0.2, 0.25) is 17.7 Å². The maximum absolute atomic E-state index is 14.3. The molecule has 0 bridgehead atoms. The first-order valence-electron chi connectivity index (χ1n) is 14.7. The van der Waals surface area contributed by atoms with Crippen molar-refractivity contribution in [3.05, 3.63) is 65.5 Å². The highest BCUT2D eigenvalue weighted by Gasteiger charge is 2.44. The first kappa shape index (κ1) is 30.4. The monoisotopic (exact) mass is 600 g/mol. The van der Waals surface area contributed by atoms with Gasteiger partial charge in [0, 0.05) is 57.5 Å². The summed E-state index contributed by atoms with van der Waals surface area (Å²) in [7, 11) is 0. The van der Waals surface area contributed by atoms with E-state index < -0.39 is 35.5 Å². The molecule has 0 aromatic heterocycles. The zero-order valence-electron chi connectivity index (χ0n) is 23.9. The molecule has 3 aliphatic heterocycles. The van der Waals surface area contributed by atoms with Crippen molar-refractivity contribution < 1.29 is 37.1 Å². The molecular formula is C31H35F3N4O5. The summed E-state index contributed by atoms with van der Waals surface area (Å²) in [6.07, 6.45) is 1.09. The standard InChI is InChI=1S/C31H35F3N4O5/c1-2-38(31(42)43-23-7-5-22(32)6-8-23)27-18-37(17-24(27)20-3-9-25(33)26(34)15-20)29(40)19-11-13-36(14-12-19)30(41)21-4-10-28(39)35-16-21/h3,5-9,15,19,21,24,27H,2,4,10-14,16-18H2,1H3,(H,35,39)/t21?,24-,27+/m0/s1. The lowest BCUT2D eigenvalue weighted by Crippen LogP contribution is -2.49. The second-order valence-corrected chi connectivity index (χ2v) is 11.3. The Labute approximate surface area is 247 Å². The number of benzene rings is 2. The van der Waals surface area contributed by atoms with Crippen molar-refractivity contribution in [3.8, 4) is 5.75 Å². The van der Waals surface area contributed by atoms with Gasteiger partial charge >= 0.3 is 6.09 Å². The molecule has 12 heteroatoms. The molecule has 4 amide bonds. The first-order valence-corrected chi connectivity index (χ1v) is 14.7. The summed E-state index contributed by atoms with van der Waals surface area (Å²) in [5, 5.41) is 2.74. The van der Waals surface area contributed by atoms with Gasteiger partial charge < -0.3 is 24.8 Å². The van der Waals surface area contributed by atoms with Gasteiger partial charge in [0.15, 0.2) is 11.6 Å². The minimum atomic E-state index is -1.02. The molecule has 2 aromatic rings. The van der Waals surface area contributed by atoms with Gasteiger partial charge in [0.05, 0.1) is 12.0 Å². The summed E-state index contributed by atoms with van der Waals surface area (Å²) in [5.41, 5.74) is 0.451. The summed E-state index contributed by atoms with van der Waals surface area (Å²) >= 11 is 0. The van der Waals surface area contributed by atoms with E-state index in [2.05, 4.69) is 5.32 Å². The van der Waals surface area contributed by atoms with Gasteiger partial charge in [-0.2, -0.15) is 0 Å². The highest BCUT2D eigenvalue weighted by atomic mass is 19.2. The summed E-state index contributed by atoms with van der Waals surface area (Å²) in [5.74, 6) is -3.62. The molecule has 43 heavy (non-hydrogen) atoms. The van der Waals surface area contributed by atoms with Crippen LogP contribution in [0.1, 0.15) is 44.1 Å². The Morgan fingerprint density at radius 3 is 2.23 bits per heavy atom. The van der Waals surface area contributed by atoms with E-state index >= 15 is 0 Å². The third kappa shape index (κ3) is 6.78. The van der Waals surface area contributed by atoms with Crippen molar-refractivity contribution in [2.45, 2.75) is 44.6 Å². The normalized spacial score (nSPS) is 22.7. The minimum absolute atomic E-state index is 0.0104. The van der Waals surface area contributed by atoms with Crippen LogP contribution in [0.15, 0.2) is 42.5 Å². The summed E-state index contributed by atoms with van der Waals surface area (Å²) < 4.78 is 46.9. The Bertz CT molecular complexity index is 1360. The lowest BCUT2D eigenvalue weighted by molar-refractivity contribution is -0.143. The molecule has 230 valence electrons. The van der Waals surface area contributed by atoms with Gasteiger partial charge in [-0.25, -0.2) is 18.0 Å². The minimum Gasteiger partial charge on any atom is -0.410 e. The average molecular weight is 601 g/mol. The highest BCUT2D eigenvalue weighted by molar-refractivity contribution is 5.84. The van der Waals surface area contributed by atoms with Crippen LogP contribution in [-0.2, 0) is 14.4 Å².